The highest BCUT2D eigenvalue weighted by atomic mass is 32.1. The highest BCUT2D eigenvalue weighted by Gasteiger charge is 2.34. The van der Waals surface area contributed by atoms with Crippen molar-refractivity contribution in [2.45, 2.75) is 26.8 Å². The van der Waals surface area contributed by atoms with E-state index in [1.54, 1.807) is 18.3 Å². The van der Waals surface area contributed by atoms with Crippen LogP contribution in [-0.4, -0.2) is 10.9 Å². The second kappa shape index (κ2) is 5.41. The predicted octanol–water partition coefficient (Wildman–Crippen LogP) is 2.07. The normalized spacial score (nSPS) is 14.1. The summed E-state index contributed by atoms with van der Waals surface area (Å²) in [6.45, 7) is 4.22. The van der Waals surface area contributed by atoms with Crippen molar-refractivity contribution in [2.75, 3.05) is 0 Å². The number of thiophene rings is 1. The van der Waals surface area contributed by atoms with Crippen molar-refractivity contribution < 1.29 is 4.79 Å². The van der Waals surface area contributed by atoms with Crippen molar-refractivity contribution in [3.05, 3.63) is 22.4 Å². The molecule has 0 radical (unpaired) electrons. The van der Waals surface area contributed by atoms with Crippen molar-refractivity contribution in [1.82, 2.24) is 5.32 Å². The zero-order valence-corrected chi connectivity index (χ0v) is 11.1. The minimum atomic E-state index is -0.743. The van der Waals surface area contributed by atoms with Gasteiger partial charge in [0, 0.05) is 4.88 Å². The second-order valence-corrected chi connectivity index (χ2v) is 5.28. The largest absolute Gasteiger partial charge is 0.392 e. The lowest BCUT2D eigenvalue weighted by molar-refractivity contribution is -0.127. The van der Waals surface area contributed by atoms with E-state index in [0.717, 1.165) is 4.88 Å². The highest BCUT2D eigenvalue weighted by Crippen LogP contribution is 2.22. The van der Waals surface area contributed by atoms with Crippen molar-refractivity contribution in [2.24, 2.45) is 11.1 Å². The summed E-state index contributed by atoms with van der Waals surface area (Å²) < 4.78 is 0. The van der Waals surface area contributed by atoms with Crippen LogP contribution in [0.5, 0.6) is 0 Å². The van der Waals surface area contributed by atoms with E-state index in [1.165, 1.54) is 0 Å². The van der Waals surface area contributed by atoms with Gasteiger partial charge in [0.15, 0.2) is 0 Å². The van der Waals surface area contributed by atoms with Crippen LogP contribution in [0.1, 0.15) is 25.1 Å². The fraction of sp³-hybridized carbons (Fsp3) is 0.455. The third-order valence-electron chi connectivity index (χ3n) is 2.76. The number of nitrogens with two attached hydrogens (primary N) is 1. The van der Waals surface area contributed by atoms with Crippen LogP contribution in [0, 0.1) is 5.41 Å². The molecule has 0 aromatic carbocycles. The zero-order valence-electron chi connectivity index (χ0n) is 9.45. The van der Waals surface area contributed by atoms with Gasteiger partial charge in [-0.3, -0.25) is 4.79 Å². The van der Waals surface area contributed by atoms with E-state index in [1.807, 2.05) is 24.4 Å². The van der Waals surface area contributed by atoms with Gasteiger partial charge in [0.25, 0.3) is 0 Å². The van der Waals surface area contributed by atoms with Crippen LogP contribution in [0.3, 0.4) is 0 Å². The molecule has 0 aliphatic heterocycles. The summed E-state index contributed by atoms with van der Waals surface area (Å²) in [6.07, 6.45) is 0.610. The molecule has 0 aliphatic carbocycles. The van der Waals surface area contributed by atoms with Crippen molar-refractivity contribution in [3.8, 4) is 0 Å². The third-order valence-corrected chi connectivity index (χ3v) is 4.08. The number of hydrogen-bond acceptors (Lipinski definition) is 3. The van der Waals surface area contributed by atoms with Gasteiger partial charge in [-0.1, -0.05) is 25.2 Å². The molecule has 3 N–H and O–H groups in total. The summed E-state index contributed by atoms with van der Waals surface area (Å²) in [4.78, 5) is 13.3. The Morgan fingerprint density at radius 1 is 1.69 bits per heavy atom. The van der Waals surface area contributed by atoms with Gasteiger partial charge in [-0.2, -0.15) is 0 Å². The van der Waals surface area contributed by atoms with Crippen LogP contribution in [-0.2, 0) is 11.3 Å². The smallest absolute Gasteiger partial charge is 0.233 e. The lowest BCUT2D eigenvalue weighted by Crippen LogP contribution is -2.46. The van der Waals surface area contributed by atoms with Crippen LogP contribution in [0.2, 0.25) is 0 Å². The summed E-state index contributed by atoms with van der Waals surface area (Å²) in [6, 6.07) is 3.94. The summed E-state index contributed by atoms with van der Waals surface area (Å²) in [7, 11) is 0. The molecule has 5 heteroatoms. The van der Waals surface area contributed by atoms with E-state index in [-0.39, 0.29) is 10.9 Å². The molecule has 1 aromatic rings. The number of rotatable bonds is 5. The maximum atomic E-state index is 12.0. The quantitative estimate of drug-likeness (QED) is 0.793. The second-order valence-electron chi connectivity index (χ2n) is 3.81. The molecule has 0 aliphatic rings. The van der Waals surface area contributed by atoms with E-state index in [9.17, 15) is 4.79 Å². The van der Waals surface area contributed by atoms with Gasteiger partial charge in [0.05, 0.1) is 16.9 Å². The van der Waals surface area contributed by atoms with Crippen LogP contribution in [0.15, 0.2) is 17.5 Å². The Kier molecular flexibility index (Phi) is 4.44. The fourth-order valence-electron chi connectivity index (χ4n) is 1.22. The summed E-state index contributed by atoms with van der Waals surface area (Å²) in [5.41, 5.74) is 4.86. The summed E-state index contributed by atoms with van der Waals surface area (Å²) in [5.74, 6) is -0.101. The van der Waals surface area contributed by atoms with E-state index in [2.05, 4.69) is 5.32 Å². The predicted molar refractivity (Wildman–Crippen MR) is 71.3 cm³/mol. The average Bonchev–Trinajstić information content (AvgIpc) is 2.77. The highest BCUT2D eigenvalue weighted by molar-refractivity contribution is 7.80. The minimum Gasteiger partial charge on any atom is -0.392 e. The zero-order chi connectivity index (χ0) is 12.2. The van der Waals surface area contributed by atoms with Crippen LogP contribution in [0.25, 0.3) is 0 Å². The minimum absolute atomic E-state index is 0.101. The summed E-state index contributed by atoms with van der Waals surface area (Å²) in [5, 5.41) is 4.84. The number of amides is 1. The first-order valence-corrected chi connectivity index (χ1v) is 6.40. The Labute approximate surface area is 105 Å². The molecule has 1 rings (SSSR count). The molecule has 1 aromatic heterocycles. The van der Waals surface area contributed by atoms with Crippen molar-refractivity contribution >= 4 is 34.5 Å². The topological polar surface area (TPSA) is 55.1 Å². The molecule has 0 saturated heterocycles. The van der Waals surface area contributed by atoms with Crippen molar-refractivity contribution in [3.63, 3.8) is 0 Å². The molecule has 1 atom stereocenters. The molecule has 0 fully saturated rings. The molecule has 3 nitrogen and oxygen atoms in total. The van der Waals surface area contributed by atoms with Crippen LogP contribution in [0.4, 0.5) is 0 Å². The Morgan fingerprint density at radius 2 is 2.38 bits per heavy atom. The lowest BCUT2D eigenvalue weighted by atomic mass is 9.86. The van der Waals surface area contributed by atoms with Gasteiger partial charge in [-0.25, -0.2) is 0 Å². The van der Waals surface area contributed by atoms with E-state index in [4.69, 9.17) is 18.0 Å². The van der Waals surface area contributed by atoms with Crippen molar-refractivity contribution in [1.29, 1.82) is 0 Å². The maximum absolute atomic E-state index is 12.0. The monoisotopic (exact) mass is 256 g/mol. The first-order valence-electron chi connectivity index (χ1n) is 5.11. The van der Waals surface area contributed by atoms with E-state index >= 15 is 0 Å². The SMILES string of the molecule is CCC(C)(C(=O)NCc1cccs1)C(N)=S. The van der Waals surface area contributed by atoms with E-state index < -0.39 is 5.41 Å². The third kappa shape index (κ3) is 2.80. The number of thiocarbonyl (C=S) groups is 1. The number of carbonyl (C=O) groups is 1. The lowest BCUT2D eigenvalue weighted by Gasteiger charge is -2.25. The molecule has 0 bridgehead atoms. The molecule has 1 unspecified atom stereocenters. The molecule has 88 valence electrons. The molecule has 0 spiro atoms. The molecular weight excluding hydrogens is 240 g/mol. The number of carbonyl (C=O) groups excluding carboxylic acids is 1. The van der Waals surface area contributed by atoms with Gasteiger partial charge in [0.2, 0.25) is 5.91 Å². The molecule has 1 amide bonds. The fourth-order valence-corrected chi connectivity index (χ4v) is 2.10. The van der Waals surface area contributed by atoms with Gasteiger partial charge in [0.1, 0.15) is 0 Å². The first-order chi connectivity index (χ1) is 7.50. The average molecular weight is 256 g/mol. The van der Waals surface area contributed by atoms with Gasteiger partial charge >= 0.3 is 0 Å². The van der Waals surface area contributed by atoms with Crippen LogP contribution < -0.4 is 11.1 Å². The maximum Gasteiger partial charge on any atom is 0.233 e. The molecule has 0 saturated carbocycles. The Hall–Kier alpha value is -0.940. The Bertz CT molecular complexity index is 375. The summed E-state index contributed by atoms with van der Waals surface area (Å²) >= 11 is 6.55. The van der Waals surface area contributed by atoms with E-state index in [0.29, 0.717) is 13.0 Å². The Morgan fingerprint density at radius 3 is 2.81 bits per heavy atom. The number of hydrogen-bond donors (Lipinski definition) is 2. The van der Waals surface area contributed by atoms with Gasteiger partial charge in [-0.15, -0.1) is 11.3 Å². The standard InChI is InChI=1S/C11H16N2OS2/c1-3-11(2,9(12)15)10(14)13-7-8-5-4-6-16-8/h4-6H,3,7H2,1-2H3,(H2,12,15)(H,13,14). The molecule has 16 heavy (non-hydrogen) atoms. The van der Waals surface area contributed by atoms with Crippen LogP contribution >= 0.6 is 23.6 Å². The number of nitrogens with one attached hydrogen (secondary N) is 1. The molecule has 1 heterocycles. The molecular formula is C11H16N2OS2. The Balaban J connectivity index is 2.60. The van der Waals surface area contributed by atoms with Gasteiger partial charge in [-0.05, 0) is 24.8 Å². The first kappa shape index (κ1) is 13.1. The van der Waals surface area contributed by atoms with Gasteiger partial charge < -0.3 is 11.1 Å².